The van der Waals surface area contributed by atoms with Crippen LogP contribution in [0, 0.1) is 23.7 Å². The van der Waals surface area contributed by atoms with Crippen molar-refractivity contribution in [2.75, 3.05) is 39.6 Å². The van der Waals surface area contributed by atoms with E-state index < -0.39 is 97.5 Å². The third-order valence-electron chi connectivity index (χ3n) is 16.3. The van der Waals surface area contributed by atoms with Crippen LogP contribution in [0.1, 0.15) is 331 Å². The number of phosphoric acid groups is 2. The van der Waals surface area contributed by atoms with Crippen molar-refractivity contribution in [3.63, 3.8) is 0 Å². The SMILES string of the molecule is CCC(C)CCCCCCCCCCCCC(=O)OC[C@H](COP(=O)(O)OCC(O)COP(=O)(O)OC[C@@H](COC(=O)CCCCCCCCCC(C)C)OC(=O)CCCCCCCCCCCCC(C)C)OC(=O)CCCCCCCCC(C)CC. The van der Waals surface area contributed by atoms with Gasteiger partial charge in [0.25, 0.3) is 0 Å². The number of hydrogen-bond donors (Lipinski definition) is 3. The molecule has 0 saturated heterocycles. The van der Waals surface area contributed by atoms with E-state index >= 15 is 0 Å². The van der Waals surface area contributed by atoms with Gasteiger partial charge in [-0.3, -0.25) is 37.3 Å². The first-order valence-electron chi connectivity index (χ1n) is 35.3. The van der Waals surface area contributed by atoms with E-state index in [0.29, 0.717) is 31.6 Å². The topological polar surface area (TPSA) is 237 Å². The molecule has 516 valence electrons. The highest BCUT2D eigenvalue weighted by molar-refractivity contribution is 7.47. The Hall–Kier alpha value is -1.94. The first-order chi connectivity index (χ1) is 41.7. The van der Waals surface area contributed by atoms with E-state index in [9.17, 15) is 43.2 Å². The summed E-state index contributed by atoms with van der Waals surface area (Å²) in [5, 5.41) is 10.6. The smallest absolute Gasteiger partial charge is 0.462 e. The van der Waals surface area contributed by atoms with Crippen molar-refractivity contribution < 1.29 is 80.2 Å². The highest BCUT2D eigenvalue weighted by Gasteiger charge is 2.30. The quantitative estimate of drug-likeness (QED) is 0.0222. The maximum Gasteiger partial charge on any atom is 0.472 e. The number of unbranched alkanes of at least 4 members (excludes halogenated alkanes) is 29. The largest absolute Gasteiger partial charge is 0.472 e. The summed E-state index contributed by atoms with van der Waals surface area (Å²) in [6, 6.07) is 0. The Labute approximate surface area is 530 Å². The Balaban J connectivity index is 5.25. The van der Waals surface area contributed by atoms with Crippen LogP contribution in [0.4, 0.5) is 0 Å². The Morgan fingerprint density at radius 1 is 0.322 bits per heavy atom. The lowest BCUT2D eigenvalue weighted by atomic mass is 9.99. The fraction of sp³-hybridized carbons (Fsp3) is 0.941. The summed E-state index contributed by atoms with van der Waals surface area (Å²) >= 11 is 0. The Bertz CT molecular complexity index is 1730. The van der Waals surface area contributed by atoms with Crippen molar-refractivity contribution in [1.82, 2.24) is 0 Å². The van der Waals surface area contributed by atoms with Crippen LogP contribution in [0.15, 0.2) is 0 Å². The second-order valence-corrected chi connectivity index (χ2v) is 28.9. The molecule has 0 spiro atoms. The highest BCUT2D eigenvalue weighted by atomic mass is 31.2. The van der Waals surface area contributed by atoms with E-state index in [0.717, 1.165) is 114 Å². The molecular formula is C68H132O17P2. The van der Waals surface area contributed by atoms with Gasteiger partial charge in [0.05, 0.1) is 26.4 Å². The summed E-state index contributed by atoms with van der Waals surface area (Å²) in [4.78, 5) is 72.4. The molecule has 87 heavy (non-hydrogen) atoms. The van der Waals surface area contributed by atoms with Crippen molar-refractivity contribution in [2.24, 2.45) is 23.7 Å². The zero-order chi connectivity index (χ0) is 64.7. The number of carbonyl (C=O) groups excluding carboxylic acids is 4. The molecule has 0 aliphatic heterocycles. The Morgan fingerprint density at radius 2 is 0.552 bits per heavy atom. The van der Waals surface area contributed by atoms with Crippen molar-refractivity contribution >= 4 is 39.5 Å². The van der Waals surface area contributed by atoms with Gasteiger partial charge in [-0.05, 0) is 49.4 Å². The van der Waals surface area contributed by atoms with Gasteiger partial charge >= 0.3 is 39.5 Å². The molecule has 3 N–H and O–H groups in total. The average molecular weight is 1280 g/mol. The third-order valence-corrected chi connectivity index (χ3v) is 18.2. The number of carbonyl (C=O) groups is 4. The second kappa shape index (κ2) is 57.9. The van der Waals surface area contributed by atoms with Gasteiger partial charge in [-0.15, -0.1) is 0 Å². The molecule has 0 aromatic rings. The number of phosphoric ester groups is 2. The minimum absolute atomic E-state index is 0.102. The summed E-state index contributed by atoms with van der Waals surface area (Å²) in [6.45, 7) is 14.0. The lowest BCUT2D eigenvalue weighted by Crippen LogP contribution is -2.30. The molecule has 19 heteroatoms. The minimum atomic E-state index is -4.95. The Morgan fingerprint density at radius 3 is 0.816 bits per heavy atom. The fourth-order valence-corrected chi connectivity index (χ4v) is 11.7. The van der Waals surface area contributed by atoms with Crippen LogP contribution in [0.3, 0.4) is 0 Å². The molecule has 0 heterocycles. The van der Waals surface area contributed by atoms with Crippen LogP contribution in [0.25, 0.3) is 0 Å². The normalized spacial score (nSPS) is 15.0. The molecule has 0 bridgehead atoms. The van der Waals surface area contributed by atoms with Crippen molar-refractivity contribution in [3.8, 4) is 0 Å². The maximum absolute atomic E-state index is 13.0. The summed E-state index contributed by atoms with van der Waals surface area (Å²) in [6.07, 6.45) is 39.0. The number of aliphatic hydroxyl groups excluding tert-OH is 1. The molecular weight excluding hydrogens is 1150 g/mol. The molecule has 0 aliphatic rings. The van der Waals surface area contributed by atoms with Crippen LogP contribution in [-0.4, -0.2) is 96.7 Å². The minimum Gasteiger partial charge on any atom is -0.462 e. The molecule has 17 nitrogen and oxygen atoms in total. The molecule has 0 radical (unpaired) electrons. The van der Waals surface area contributed by atoms with Gasteiger partial charge in [0.1, 0.15) is 19.3 Å². The molecule has 0 rings (SSSR count). The highest BCUT2D eigenvalue weighted by Crippen LogP contribution is 2.45. The van der Waals surface area contributed by atoms with Gasteiger partial charge in [-0.2, -0.15) is 0 Å². The van der Waals surface area contributed by atoms with E-state index in [1.807, 2.05) is 0 Å². The van der Waals surface area contributed by atoms with Gasteiger partial charge in [0, 0.05) is 25.7 Å². The number of rotatable bonds is 65. The molecule has 0 amide bonds. The van der Waals surface area contributed by atoms with E-state index in [1.54, 1.807) is 0 Å². The predicted molar refractivity (Wildman–Crippen MR) is 349 cm³/mol. The predicted octanol–water partition coefficient (Wildman–Crippen LogP) is 18.9. The summed E-state index contributed by atoms with van der Waals surface area (Å²) in [7, 11) is -9.90. The Kier molecular flexibility index (Phi) is 56.6. The molecule has 0 aromatic heterocycles. The van der Waals surface area contributed by atoms with Crippen molar-refractivity contribution in [2.45, 2.75) is 350 Å². The van der Waals surface area contributed by atoms with Crippen LogP contribution < -0.4 is 0 Å². The van der Waals surface area contributed by atoms with E-state index in [2.05, 4.69) is 55.4 Å². The maximum atomic E-state index is 13.0. The standard InChI is InChI=1S/C68H132O17P2/c1-9-60(7)46-38-30-22-16-12-14-17-23-32-40-48-65(70)78-55-64(85-68(73)51-43-35-27-26-31-39-47-61(8)10-2)57-83-87(76,77)81-53-62(69)52-80-86(74,75)82-56-63(54-79-66(71)49-41-33-25-19-21-29-37-45-59(5)6)84-67(72)50-42-34-24-18-13-11-15-20-28-36-44-58(3)4/h58-64,69H,9-57H2,1-8H3,(H,74,75)(H,76,77)/t60?,61?,62?,63-,64-/m1/s1. The lowest BCUT2D eigenvalue weighted by molar-refractivity contribution is -0.161. The van der Waals surface area contributed by atoms with Gasteiger partial charge in [-0.25, -0.2) is 9.13 Å². The zero-order valence-corrected chi connectivity index (χ0v) is 58.4. The van der Waals surface area contributed by atoms with Crippen LogP contribution >= 0.6 is 15.6 Å². The van der Waals surface area contributed by atoms with Crippen LogP contribution in [0.2, 0.25) is 0 Å². The van der Waals surface area contributed by atoms with E-state index in [1.165, 1.54) is 128 Å². The first kappa shape index (κ1) is 85.1. The van der Waals surface area contributed by atoms with E-state index in [4.69, 9.17) is 37.0 Å². The fourth-order valence-electron chi connectivity index (χ4n) is 10.1. The van der Waals surface area contributed by atoms with Gasteiger partial charge in [-0.1, -0.05) is 280 Å². The van der Waals surface area contributed by atoms with Crippen molar-refractivity contribution in [3.05, 3.63) is 0 Å². The number of hydrogen-bond acceptors (Lipinski definition) is 15. The number of aliphatic hydroxyl groups is 1. The molecule has 0 aromatic carbocycles. The molecule has 0 aliphatic carbocycles. The molecule has 0 fully saturated rings. The number of ether oxygens (including phenoxy) is 4. The summed E-state index contributed by atoms with van der Waals surface area (Å²) in [5.41, 5.74) is 0. The third kappa shape index (κ3) is 60.1. The molecule has 7 atom stereocenters. The van der Waals surface area contributed by atoms with Gasteiger partial charge in [0.2, 0.25) is 0 Å². The zero-order valence-electron chi connectivity index (χ0n) is 56.6. The lowest BCUT2D eigenvalue weighted by Gasteiger charge is -2.21. The average Bonchev–Trinajstić information content (AvgIpc) is 3.69. The number of esters is 4. The second-order valence-electron chi connectivity index (χ2n) is 26.0. The van der Waals surface area contributed by atoms with Gasteiger partial charge in [0.15, 0.2) is 12.2 Å². The first-order valence-corrected chi connectivity index (χ1v) is 38.3. The van der Waals surface area contributed by atoms with Crippen LogP contribution in [0.5, 0.6) is 0 Å². The van der Waals surface area contributed by atoms with E-state index in [-0.39, 0.29) is 25.7 Å². The van der Waals surface area contributed by atoms with Crippen LogP contribution in [-0.2, 0) is 65.4 Å². The summed E-state index contributed by atoms with van der Waals surface area (Å²) in [5.74, 6) is 0.851. The van der Waals surface area contributed by atoms with Crippen molar-refractivity contribution in [1.29, 1.82) is 0 Å². The van der Waals surface area contributed by atoms with Gasteiger partial charge < -0.3 is 33.8 Å². The summed E-state index contributed by atoms with van der Waals surface area (Å²) < 4.78 is 68.2. The monoisotopic (exact) mass is 1280 g/mol. The molecule has 5 unspecified atom stereocenters. The molecule has 0 saturated carbocycles.